The van der Waals surface area contributed by atoms with E-state index in [0.29, 0.717) is 31.1 Å². The molecule has 0 spiro atoms. The van der Waals surface area contributed by atoms with Crippen molar-refractivity contribution in [1.82, 2.24) is 10.9 Å². The van der Waals surface area contributed by atoms with E-state index < -0.39 is 11.6 Å². The fourth-order valence-corrected chi connectivity index (χ4v) is 5.44. The largest absolute Gasteiger partial charge is 0.494 e. The number of rotatable bonds is 10. The molecule has 0 fully saturated rings. The van der Waals surface area contributed by atoms with E-state index in [4.69, 9.17) is 19.6 Å². The highest BCUT2D eigenvalue weighted by atomic mass is 79.9. The van der Waals surface area contributed by atoms with Crippen LogP contribution < -0.4 is 15.6 Å². The van der Waals surface area contributed by atoms with Crippen molar-refractivity contribution in [3.8, 4) is 5.75 Å². The summed E-state index contributed by atoms with van der Waals surface area (Å²) >= 11 is 3.63. The average Bonchev–Trinajstić information content (AvgIpc) is 3.50. The number of nitrogens with one attached hydrogen (secondary N) is 2. The molecule has 1 aliphatic carbocycles. The summed E-state index contributed by atoms with van der Waals surface area (Å²) in [6.45, 7) is 2.42. The van der Waals surface area contributed by atoms with Crippen LogP contribution in [-0.2, 0) is 28.8 Å². The molecule has 0 saturated heterocycles. The predicted molar refractivity (Wildman–Crippen MR) is 150 cm³/mol. The lowest BCUT2D eigenvalue weighted by Crippen LogP contribution is -2.57. The molecule has 7 nitrogen and oxygen atoms in total. The molecule has 0 saturated carbocycles. The van der Waals surface area contributed by atoms with Gasteiger partial charge in [0.1, 0.15) is 11.9 Å². The van der Waals surface area contributed by atoms with E-state index in [1.165, 1.54) is 11.1 Å². The first-order valence-corrected chi connectivity index (χ1v) is 13.7. The molecule has 0 radical (unpaired) electrons. The molecule has 0 unspecified atom stereocenters. The number of hydrogen-bond acceptors (Lipinski definition) is 6. The number of hydrogen-bond donors (Lipinski definition) is 3. The molecule has 38 heavy (non-hydrogen) atoms. The Morgan fingerprint density at radius 2 is 1.76 bits per heavy atom. The summed E-state index contributed by atoms with van der Waals surface area (Å²) in [4.78, 5) is 18.8. The second-order valence-corrected chi connectivity index (χ2v) is 10.6. The van der Waals surface area contributed by atoms with Gasteiger partial charge in [-0.15, -0.1) is 0 Å². The number of hydrazine groups is 1. The topological polar surface area (TPSA) is 92.2 Å². The third kappa shape index (κ3) is 5.62. The standard InChI is InChI=1S/C30H32BrN3O4/c1-20-30(19-24-9-4-5-10-27(24)31,29(36)34-33-25-17-22-7-2-3-8-23(22)18-25)32-28(38-20)21-11-13-26(14-12-21)37-16-6-15-35/h2-5,7-14,20,25,33,35H,6,15-19H2,1H3,(H,34,36)/t20-,30-/m0/s1. The normalized spacial score (nSPS) is 20.5. The van der Waals surface area contributed by atoms with Crippen LogP contribution in [-0.4, -0.2) is 47.8 Å². The zero-order chi connectivity index (χ0) is 26.5. The summed E-state index contributed by atoms with van der Waals surface area (Å²) in [5.74, 6) is 0.901. The lowest BCUT2D eigenvalue weighted by Gasteiger charge is -2.29. The van der Waals surface area contributed by atoms with Gasteiger partial charge >= 0.3 is 0 Å². The van der Waals surface area contributed by atoms with Gasteiger partial charge in [-0.1, -0.05) is 58.4 Å². The summed E-state index contributed by atoms with van der Waals surface area (Å²) in [7, 11) is 0. The van der Waals surface area contributed by atoms with Crippen molar-refractivity contribution in [1.29, 1.82) is 0 Å². The van der Waals surface area contributed by atoms with Crippen LogP contribution in [0.5, 0.6) is 5.75 Å². The van der Waals surface area contributed by atoms with Crippen LogP contribution in [0.25, 0.3) is 0 Å². The fraction of sp³-hybridized carbons (Fsp3) is 0.333. The van der Waals surface area contributed by atoms with E-state index in [0.717, 1.165) is 28.4 Å². The van der Waals surface area contributed by atoms with Gasteiger partial charge in [0.15, 0.2) is 5.54 Å². The first-order valence-electron chi connectivity index (χ1n) is 13.0. The second-order valence-electron chi connectivity index (χ2n) is 9.79. The van der Waals surface area contributed by atoms with E-state index in [9.17, 15) is 4.79 Å². The molecule has 2 aliphatic rings. The minimum absolute atomic E-state index is 0.0881. The van der Waals surface area contributed by atoms with Crippen LogP contribution >= 0.6 is 15.9 Å². The third-order valence-electron chi connectivity index (χ3n) is 7.19. The molecule has 8 heteroatoms. The molecule has 2 atom stereocenters. The van der Waals surface area contributed by atoms with Crippen molar-refractivity contribution in [2.24, 2.45) is 4.99 Å². The van der Waals surface area contributed by atoms with Crippen molar-refractivity contribution < 1.29 is 19.4 Å². The molecular formula is C30H32BrN3O4. The van der Waals surface area contributed by atoms with E-state index in [-0.39, 0.29) is 18.6 Å². The summed E-state index contributed by atoms with van der Waals surface area (Å²) in [5, 5.41) is 8.96. The molecule has 3 N–H and O–H groups in total. The Morgan fingerprint density at radius 1 is 1.08 bits per heavy atom. The molecule has 3 aromatic rings. The second kappa shape index (κ2) is 11.7. The number of halogens is 1. The van der Waals surface area contributed by atoms with E-state index in [1.54, 1.807) is 0 Å². The summed E-state index contributed by atoms with van der Waals surface area (Å²) in [6.07, 6.45) is 2.18. The number of aliphatic hydroxyl groups is 1. The number of carbonyl (C=O) groups excluding carboxylic acids is 1. The number of benzene rings is 3. The SMILES string of the molecule is C[C@@H]1OC(c2ccc(OCCCO)cc2)=N[C@]1(Cc1ccccc1Br)C(=O)NNC1Cc2ccccc2C1. The Hall–Kier alpha value is -3.20. The maximum absolute atomic E-state index is 13.9. The van der Waals surface area contributed by atoms with Gasteiger partial charge in [-0.3, -0.25) is 10.2 Å². The number of carbonyl (C=O) groups is 1. The van der Waals surface area contributed by atoms with Gasteiger partial charge in [-0.05, 0) is 66.8 Å². The Kier molecular flexibility index (Phi) is 8.12. The van der Waals surface area contributed by atoms with Crippen molar-refractivity contribution in [3.05, 3.63) is 99.5 Å². The highest BCUT2D eigenvalue weighted by Crippen LogP contribution is 2.34. The Morgan fingerprint density at radius 3 is 2.45 bits per heavy atom. The Bertz CT molecular complexity index is 1290. The first-order chi connectivity index (χ1) is 18.5. The quantitative estimate of drug-likeness (QED) is 0.249. The van der Waals surface area contributed by atoms with Crippen LogP contribution in [0.3, 0.4) is 0 Å². The van der Waals surface area contributed by atoms with Crippen molar-refractivity contribution in [2.75, 3.05) is 13.2 Å². The number of aliphatic hydroxyl groups excluding tert-OH is 1. The molecule has 1 aliphatic heterocycles. The molecule has 0 bridgehead atoms. The van der Waals surface area contributed by atoms with Crippen LogP contribution in [0.15, 0.2) is 82.3 Å². The lowest BCUT2D eigenvalue weighted by atomic mass is 9.86. The highest BCUT2D eigenvalue weighted by molar-refractivity contribution is 9.10. The smallest absolute Gasteiger partial charge is 0.266 e. The molecule has 198 valence electrons. The minimum atomic E-state index is -1.16. The van der Waals surface area contributed by atoms with Gasteiger partial charge in [0.05, 0.1) is 6.61 Å². The van der Waals surface area contributed by atoms with E-state index in [1.807, 2.05) is 67.6 Å². The molecule has 0 aromatic heterocycles. The van der Waals surface area contributed by atoms with Gasteiger partial charge in [-0.2, -0.15) is 0 Å². The van der Waals surface area contributed by atoms with E-state index in [2.05, 4.69) is 38.9 Å². The van der Waals surface area contributed by atoms with Crippen molar-refractivity contribution in [2.45, 2.75) is 50.3 Å². The molecule has 3 aromatic carbocycles. The van der Waals surface area contributed by atoms with Gasteiger partial charge in [-0.25, -0.2) is 10.4 Å². The molecule has 1 heterocycles. The predicted octanol–water partition coefficient (Wildman–Crippen LogP) is 4.15. The van der Waals surface area contributed by atoms with Crippen LogP contribution in [0, 0.1) is 0 Å². The number of ether oxygens (including phenoxy) is 2. The van der Waals surface area contributed by atoms with E-state index >= 15 is 0 Å². The average molecular weight is 579 g/mol. The number of fused-ring (bicyclic) bond motifs is 1. The van der Waals surface area contributed by atoms with Gasteiger partial charge in [0.2, 0.25) is 5.90 Å². The highest BCUT2D eigenvalue weighted by Gasteiger charge is 2.50. The fourth-order valence-electron chi connectivity index (χ4n) is 5.01. The Labute approximate surface area is 231 Å². The van der Waals surface area contributed by atoms with Crippen molar-refractivity contribution in [3.63, 3.8) is 0 Å². The van der Waals surface area contributed by atoms with Crippen molar-refractivity contribution >= 4 is 27.7 Å². The van der Waals surface area contributed by atoms with Crippen LogP contribution in [0.2, 0.25) is 0 Å². The van der Waals surface area contributed by atoms with Gasteiger partial charge in [0.25, 0.3) is 5.91 Å². The van der Waals surface area contributed by atoms with Gasteiger partial charge < -0.3 is 14.6 Å². The number of aliphatic imine (C=N–C) groups is 1. The zero-order valence-corrected chi connectivity index (χ0v) is 22.9. The zero-order valence-electron chi connectivity index (χ0n) is 21.3. The third-order valence-corrected chi connectivity index (χ3v) is 7.96. The monoisotopic (exact) mass is 577 g/mol. The van der Waals surface area contributed by atoms with Crippen LogP contribution in [0.1, 0.15) is 35.6 Å². The molecule has 1 amide bonds. The maximum atomic E-state index is 13.9. The molecule has 5 rings (SSSR count). The summed E-state index contributed by atoms with van der Waals surface area (Å²) in [5.41, 5.74) is 9.46. The van der Waals surface area contributed by atoms with Crippen LogP contribution in [0.4, 0.5) is 0 Å². The first kappa shape index (κ1) is 26.4. The number of nitrogens with zero attached hydrogens (tertiary/aromatic N) is 1. The summed E-state index contributed by atoms with van der Waals surface area (Å²) < 4.78 is 12.8. The minimum Gasteiger partial charge on any atom is -0.494 e. The summed E-state index contributed by atoms with van der Waals surface area (Å²) in [6, 6.07) is 23.8. The maximum Gasteiger partial charge on any atom is 0.266 e. The Balaban J connectivity index is 1.37. The number of amides is 1. The molecular weight excluding hydrogens is 546 g/mol. The van der Waals surface area contributed by atoms with Gasteiger partial charge in [0, 0.05) is 35.5 Å². The lowest BCUT2D eigenvalue weighted by molar-refractivity contribution is -0.129.